The topological polar surface area (TPSA) is 79.1 Å². The van der Waals surface area contributed by atoms with Crippen LogP contribution in [0.15, 0.2) is 35.2 Å². The van der Waals surface area contributed by atoms with Crippen LogP contribution in [0.1, 0.15) is 41.3 Å². The van der Waals surface area contributed by atoms with E-state index in [1.165, 1.54) is 11.3 Å². The molecule has 0 saturated carbocycles. The molecule has 2 aromatic heterocycles. The van der Waals surface area contributed by atoms with Crippen LogP contribution in [-0.4, -0.2) is 35.6 Å². The van der Waals surface area contributed by atoms with Crippen molar-refractivity contribution in [1.82, 2.24) is 9.97 Å². The van der Waals surface area contributed by atoms with Gasteiger partial charge in [0.15, 0.2) is 0 Å². The van der Waals surface area contributed by atoms with Gasteiger partial charge in [-0.25, -0.2) is 14.8 Å². The Morgan fingerprint density at radius 2 is 2.07 bits per heavy atom. The van der Waals surface area contributed by atoms with Gasteiger partial charge in [-0.2, -0.15) is 5.26 Å². The lowest BCUT2D eigenvalue weighted by atomic mass is 10.1. The summed E-state index contributed by atoms with van der Waals surface area (Å²) in [6, 6.07) is 12.3. The Morgan fingerprint density at radius 3 is 2.73 bits per heavy atom. The number of aryl methyl sites for hydroxylation is 1. The van der Waals surface area contributed by atoms with Gasteiger partial charge in [0.1, 0.15) is 21.3 Å². The van der Waals surface area contributed by atoms with Gasteiger partial charge in [-0.3, -0.25) is 0 Å². The number of thioether (sulfide) groups is 1. The molecule has 0 saturated heterocycles. The Labute approximate surface area is 184 Å². The molecule has 2 heterocycles. The monoisotopic (exact) mass is 440 g/mol. The number of carbonyl (C=O) groups is 1. The molecule has 1 unspecified atom stereocenters. The van der Waals surface area contributed by atoms with Crippen LogP contribution in [0.2, 0.25) is 0 Å². The number of ether oxygens (including phenoxy) is 1. The fourth-order valence-corrected chi connectivity index (χ4v) is 4.88. The molecule has 0 aliphatic carbocycles. The molecule has 1 atom stereocenters. The number of hydrogen-bond donors (Lipinski definition) is 0. The summed E-state index contributed by atoms with van der Waals surface area (Å²) < 4.78 is 5.22. The van der Waals surface area contributed by atoms with Crippen molar-refractivity contribution in [2.75, 3.05) is 18.6 Å². The van der Waals surface area contributed by atoms with E-state index < -0.39 is 0 Å². The average molecular weight is 441 g/mol. The van der Waals surface area contributed by atoms with Crippen molar-refractivity contribution in [2.24, 2.45) is 0 Å². The molecule has 3 aromatic rings. The van der Waals surface area contributed by atoms with Gasteiger partial charge in [0.2, 0.25) is 0 Å². The molecule has 0 fully saturated rings. The van der Waals surface area contributed by atoms with E-state index >= 15 is 0 Å². The first-order chi connectivity index (χ1) is 14.5. The van der Waals surface area contributed by atoms with E-state index in [4.69, 9.17) is 20.0 Å². The number of esters is 1. The number of rotatable bonds is 8. The van der Waals surface area contributed by atoms with E-state index in [-0.39, 0.29) is 12.0 Å². The van der Waals surface area contributed by atoms with Gasteiger partial charge >= 0.3 is 5.97 Å². The number of fused-ring (bicyclic) bond motifs is 1. The molecular formula is C22H24N4O2S2. The van der Waals surface area contributed by atoms with Gasteiger partial charge in [0.25, 0.3) is 0 Å². The molecule has 30 heavy (non-hydrogen) atoms. The zero-order valence-electron chi connectivity index (χ0n) is 17.5. The normalized spacial score (nSPS) is 11.8. The lowest BCUT2D eigenvalue weighted by molar-refractivity contribution is 0.0531. The van der Waals surface area contributed by atoms with Crippen molar-refractivity contribution >= 4 is 45.1 Å². The summed E-state index contributed by atoms with van der Waals surface area (Å²) in [7, 11) is 1.93. The highest BCUT2D eigenvalue weighted by Crippen LogP contribution is 2.37. The number of nitriles is 1. The number of thiophene rings is 1. The average Bonchev–Trinajstić information content (AvgIpc) is 3.09. The minimum Gasteiger partial charge on any atom is -0.462 e. The molecule has 0 amide bonds. The minimum absolute atomic E-state index is 0.0203. The largest absolute Gasteiger partial charge is 0.462 e. The van der Waals surface area contributed by atoms with Crippen LogP contribution in [0.25, 0.3) is 10.2 Å². The van der Waals surface area contributed by atoms with E-state index in [1.54, 1.807) is 18.7 Å². The fraction of sp³-hybridized carbons (Fsp3) is 0.364. The van der Waals surface area contributed by atoms with Crippen molar-refractivity contribution in [2.45, 2.75) is 43.9 Å². The van der Waals surface area contributed by atoms with E-state index in [2.05, 4.69) is 18.2 Å². The molecule has 0 bridgehead atoms. The van der Waals surface area contributed by atoms with Crippen LogP contribution < -0.4 is 4.90 Å². The molecule has 8 heteroatoms. The van der Waals surface area contributed by atoms with E-state index in [0.717, 1.165) is 26.5 Å². The number of nitrogens with zero attached hydrogens (tertiary/aromatic N) is 4. The standard InChI is InChI=1S/C22H24N4O2S2/c1-5-28-22(27)19-15(3)18-20(26(4)14(2)11-12-23)24-17(25-21(18)30-19)13-29-16-9-7-6-8-10-16/h6-10,14H,5,11,13H2,1-4H3. The Morgan fingerprint density at radius 1 is 1.33 bits per heavy atom. The predicted octanol–water partition coefficient (Wildman–Crippen LogP) is 5.21. The van der Waals surface area contributed by atoms with E-state index in [0.29, 0.717) is 29.5 Å². The molecule has 1 aromatic carbocycles. The van der Waals surface area contributed by atoms with Crippen LogP contribution in [-0.2, 0) is 10.5 Å². The molecular weight excluding hydrogens is 416 g/mol. The highest BCUT2D eigenvalue weighted by Gasteiger charge is 2.24. The minimum atomic E-state index is -0.336. The molecule has 0 radical (unpaired) electrons. The van der Waals surface area contributed by atoms with Gasteiger partial charge in [-0.05, 0) is 38.5 Å². The molecule has 0 spiro atoms. The van der Waals surface area contributed by atoms with Gasteiger partial charge < -0.3 is 9.64 Å². The number of hydrogen-bond acceptors (Lipinski definition) is 8. The zero-order chi connectivity index (χ0) is 21.7. The molecule has 0 aliphatic rings. The van der Waals surface area contributed by atoms with Crippen LogP contribution in [0, 0.1) is 18.3 Å². The fourth-order valence-electron chi connectivity index (χ4n) is 3.01. The van der Waals surface area contributed by atoms with E-state index in [1.807, 2.05) is 44.0 Å². The van der Waals surface area contributed by atoms with Crippen molar-refractivity contribution in [3.8, 4) is 6.07 Å². The maximum absolute atomic E-state index is 12.4. The Balaban J connectivity index is 2.06. The maximum atomic E-state index is 12.4. The van der Waals surface area contributed by atoms with Crippen molar-refractivity contribution < 1.29 is 9.53 Å². The second-order valence-electron chi connectivity index (χ2n) is 6.84. The Hall–Kier alpha value is -2.63. The molecule has 0 N–H and O–H groups in total. The number of aromatic nitrogens is 2. The SMILES string of the molecule is CCOC(=O)c1sc2nc(CSc3ccccc3)nc(N(C)C(C)CC#N)c2c1C. The van der Waals surface area contributed by atoms with Crippen LogP contribution in [0.4, 0.5) is 5.82 Å². The van der Waals surface area contributed by atoms with Crippen molar-refractivity contribution in [3.63, 3.8) is 0 Å². The third kappa shape index (κ3) is 4.74. The van der Waals surface area contributed by atoms with Crippen molar-refractivity contribution in [1.29, 1.82) is 5.26 Å². The second-order valence-corrected chi connectivity index (χ2v) is 8.89. The first-order valence-electron chi connectivity index (χ1n) is 9.71. The quantitative estimate of drug-likeness (QED) is 0.351. The second kappa shape index (κ2) is 9.92. The summed E-state index contributed by atoms with van der Waals surface area (Å²) in [5.74, 6) is 1.71. The predicted molar refractivity (Wildman–Crippen MR) is 122 cm³/mol. The smallest absolute Gasteiger partial charge is 0.348 e. The molecule has 156 valence electrons. The number of benzene rings is 1. The Kier molecular flexibility index (Phi) is 7.29. The summed E-state index contributed by atoms with van der Waals surface area (Å²) in [4.78, 5) is 26.5. The van der Waals surface area contributed by atoms with Gasteiger partial charge in [0, 0.05) is 18.0 Å². The Bertz CT molecular complexity index is 1080. The number of carbonyl (C=O) groups excluding carboxylic acids is 1. The van der Waals surface area contributed by atoms with Crippen LogP contribution in [0.3, 0.4) is 0 Å². The first kappa shape index (κ1) is 22.1. The summed E-state index contributed by atoms with van der Waals surface area (Å²) in [6.07, 6.45) is 0.379. The molecule has 3 rings (SSSR count). The zero-order valence-corrected chi connectivity index (χ0v) is 19.1. The third-order valence-corrected chi connectivity index (χ3v) is 6.95. The highest BCUT2D eigenvalue weighted by molar-refractivity contribution is 7.98. The summed E-state index contributed by atoms with van der Waals surface area (Å²) >= 11 is 3.00. The van der Waals surface area contributed by atoms with Crippen LogP contribution in [0.5, 0.6) is 0 Å². The summed E-state index contributed by atoms with van der Waals surface area (Å²) in [6.45, 7) is 6.01. The first-order valence-corrected chi connectivity index (χ1v) is 11.5. The van der Waals surface area contributed by atoms with Gasteiger partial charge in [-0.15, -0.1) is 23.1 Å². The number of anilines is 1. The third-order valence-electron chi connectivity index (χ3n) is 4.77. The van der Waals surface area contributed by atoms with E-state index in [9.17, 15) is 4.79 Å². The van der Waals surface area contributed by atoms with Crippen LogP contribution >= 0.6 is 23.1 Å². The van der Waals surface area contributed by atoms with Gasteiger partial charge in [0.05, 0.1) is 30.2 Å². The summed E-state index contributed by atoms with van der Waals surface area (Å²) in [5, 5.41) is 9.98. The maximum Gasteiger partial charge on any atom is 0.348 e. The lowest BCUT2D eigenvalue weighted by Gasteiger charge is -2.25. The molecule has 0 aliphatic heterocycles. The van der Waals surface area contributed by atoms with Gasteiger partial charge in [-0.1, -0.05) is 18.2 Å². The summed E-state index contributed by atoms with van der Waals surface area (Å²) in [5.41, 5.74) is 0.821. The molecule has 6 nitrogen and oxygen atoms in total. The lowest BCUT2D eigenvalue weighted by Crippen LogP contribution is -2.29. The van der Waals surface area contributed by atoms with Crippen molar-refractivity contribution in [3.05, 3.63) is 46.6 Å². The highest BCUT2D eigenvalue weighted by atomic mass is 32.2.